The fourth-order valence-corrected chi connectivity index (χ4v) is 13.5. The lowest BCUT2D eigenvalue weighted by molar-refractivity contribution is 0.568. The van der Waals surface area contributed by atoms with Gasteiger partial charge < -0.3 is 18.6 Å². The number of rotatable bonds is 4. The highest BCUT2D eigenvalue weighted by Crippen LogP contribution is 2.51. The zero-order chi connectivity index (χ0) is 46.8. The summed E-state index contributed by atoms with van der Waals surface area (Å²) in [5.41, 5.74) is 15.9. The van der Waals surface area contributed by atoms with E-state index in [0.717, 1.165) is 71.2 Å². The zero-order valence-electron chi connectivity index (χ0n) is 40.0. The Balaban J connectivity index is 1.02. The summed E-state index contributed by atoms with van der Waals surface area (Å²) >= 11 is 3.93. The molecule has 0 bridgehead atoms. The van der Waals surface area contributed by atoms with E-state index in [4.69, 9.17) is 8.83 Å². The van der Waals surface area contributed by atoms with Crippen molar-refractivity contribution < 1.29 is 8.83 Å². The van der Waals surface area contributed by atoms with Crippen molar-refractivity contribution in [3.8, 4) is 22.6 Å². The molecule has 0 radical (unpaired) electrons. The Hall–Kier alpha value is -6.80. The van der Waals surface area contributed by atoms with Crippen molar-refractivity contribution in [1.82, 2.24) is 0 Å². The van der Waals surface area contributed by atoms with Crippen molar-refractivity contribution >= 4 is 111 Å². The third-order valence-electron chi connectivity index (χ3n) is 14.5. The van der Waals surface area contributed by atoms with Gasteiger partial charge in [0.05, 0.1) is 11.4 Å². The van der Waals surface area contributed by atoms with Gasteiger partial charge in [0, 0.05) is 74.7 Å². The second kappa shape index (κ2) is 15.9. The molecule has 338 valence electrons. The van der Waals surface area contributed by atoms with Crippen LogP contribution >= 0.6 is 22.7 Å². The van der Waals surface area contributed by atoms with Crippen LogP contribution in [0, 0.1) is 0 Å². The number of anilines is 6. The average Bonchev–Trinajstić information content (AvgIpc) is 4.11. The van der Waals surface area contributed by atoms with Gasteiger partial charge in [0.25, 0.3) is 6.71 Å². The second-order valence-corrected chi connectivity index (χ2v) is 23.3. The Morgan fingerprint density at radius 1 is 0.493 bits per heavy atom. The maximum atomic E-state index is 6.52. The molecule has 4 nitrogen and oxygen atoms in total. The Kier molecular flexibility index (Phi) is 9.74. The average molecular weight is 933 g/mol. The summed E-state index contributed by atoms with van der Waals surface area (Å²) in [6, 6.07) is 44.0. The Morgan fingerprint density at radius 2 is 0.942 bits per heavy atom. The molecule has 69 heavy (non-hydrogen) atoms. The maximum absolute atomic E-state index is 6.52. The molecule has 7 heteroatoms. The SMILES string of the molecule is CC(C)(C)c1ccc2sc3c(c2c1)N(c1ccc(-c2cc4c(o2)/C=C\C/C=C\C4)cc1)c1cccc2c1B3c1sc3ccc(C(C)(C)C)cc3c1N2c1ccc(-c2cc3c(o2)/C=C\C/C=C\C3)cc1. The first-order valence-corrected chi connectivity index (χ1v) is 26.1. The predicted octanol–water partition coefficient (Wildman–Crippen LogP) is 16.3. The van der Waals surface area contributed by atoms with Gasteiger partial charge in [0.1, 0.15) is 23.0 Å². The lowest BCUT2D eigenvalue weighted by Gasteiger charge is -2.42. The summed E-state index contributed by atoms with van der Waals surface area (Å²) < 4.78 is 18.4. The summed E-state index contributed by atoms with van der Waals surface area (Å²) in [4.78, 5) is 5.14. The molecule has 0 N–H and O–H groups in total. The van der Waals surface area contributed by atoms with Gasteiger partial charge in [-0.3, -0.25) is 0 Å². The molecule has 9 aromatic rings. The molecule has 5 aromatic carbocycles. The molecule has 6 heterocycles. The number of allylic oxidation sites excluding steroid dienone is 6. The number of furan rings is 2. The highest BCUT2D eigenvalue weighted by Gasteiger charge is 2.47. The van der Waals surface area contributed by atoms with Crippen LogP contribution in [0.15, 0.2) is 161 Å². The van der Waals surface area contributed by atoms with E-state index in [9.17, 15) is 0 Å². The van der Waals surface area contributed by atoms with Gasteiger partial charge in [-0.25, -0.2) is 0 Å². The summed E-state index contributed by atoms with van der Waals surface area (Å²) in [5, 5.41) is 2.61. The first-order valence-electron chi connectivity index (χ1n) is 24.4. The summed E-state index contributed by atoms with van der Waals surface area (Å²) in [6.45, 7) is 14.0. The van der Waals surface area contributed by atoms with Crippen LogP contribution in [0.3, 0.4) is 0 Å². The lowest BCUT2D eigenvalue weighted by atomic mass is 9.39. The lowest BCUT2D eigenvalue weighted by Crippen LogP contribution is -2.59. The van der Waals surface area contributed by atoms with Crippen molar-refractivity contribution in [2.75, 3.05) is 9.80 Å². The molecule has 2 aliphatic heterocycles. The normalized spacial score (nSPS) is 17.0. The van der Waals surface area contributed by atoms with E-state index < -0.39 is 0 Å². The fraction of sp³-hybridized carbons (Fsp3) is 0.194. The molecule has 0 amide bonds. The molecule has 0 atom stereocenters. The van der Waals surface area contributed by atoms with Crippen LogP contribution in [0.4, 0.5) is 34.1 Å². The van der Waals surface area contributed by atoms with E-state index >= 15 is 0 Å². The van der Waals surface area contributed by atoms with Crippen LogP contribution in [-0.2, 0) is 23.7 Å². The molecule has 0 fully saturated rings. The molecule has 0 spiro atoms. The standard InChI is InChI=1S/C62H53BN2O2S2/c1-61(2,3)42-26-32-54-46(36-42)57-59(68-54)63-56-48(64(57)44-28-22-38(23-29-44)52-34-40-16-11-7-9-13-20-50(40)66-52)18-15-19-49(56)65(58-47-37-43(62(4,5)6)27-33-55(47)69-60(58)63)45-30-24-39(25-31-45)53-35-41-17-12-8-10-14-21-51(41)67-53/h7-8,11-15,18-37H,9-10,16-17H2,1-6H3/b11-7-,12-8-,20-13-,21-14-. The van der Waals surface area contributed by atoms with Crippen molar-refractivity contribution in [2.45, 2.75) is 78.1 Å². The van der Waals surface area contributed by atoms with Crippen molar-refractivity contribution in [3.05, 3.63) is 185 Å². The number of thiophene rings is 2. The zero-order valence-corrected chi connectivity index (χ0v) is 41.7. The molecule has 0 saturated heterocycles. The topological polar surface area (TPSA) is 32.8 Å². The highest BCUT2D eigenvalue weighted by molar-refractivity contribution is 7.40. The third kappa shape index (κ3) is 6.99. The first-order chi connectivity index (χ1) is 33.5. The number of nitrogens with zero attached hydrogens (tertiary/aromatic N) is 2. The quantitative estimate of drug-likeness (QED) is 0.130. The van der Waals surface area contributed by atoms with Crippen molar-refractivity contribution in [2.24, 2.45) is 0 Å². The summed E-state index contributed by atoms with van der Waals surface area (Å²) in [7, 11) is 0. The summed E-state index contributed by atoms with van der Waals surface area (Å²) in [6.07, 6.45) is 21.1. The van der Waals surface area contributed by atoms with Gasteiger partial charge >= 0.3 is 0 Å². The molecule has 2 aliphatic carbocycles. The fourth-order valence-electron chi connectivity index (χ4n) is 10.8. The minimum atomic E-state index is -0.00576. The minimum absolute atomic E-state index is 0.00576. The van der Waals surface area contributed by atoms with Crippen molar-refractivity contribution in [1.29, 1.82) is 0 Å². The molecule has 13 rings (SSSR count). The van der Waals surface area contributed by atoms with E-state index in [1.54, 1.807) is 0 Å². The maximum Gasteiger partial charge on any atom is 0.277 e. The van der Waals surface area contributed by atoms with Gasteiger partial charge in [-0.15, -0.1) is 22.7 Å². The highest BCUT2D eigenvalue weighted by atomic mass is 32.1. The van der Waals surface area contributed by atoms with Crippen LogP contribution in [-0.4, -0.2) is 6.71 Å². The van der Waals surface area contributed by atoms with Crippen LogP contribution in [0.25, 0.3) is 55.0 Å². The smallest absolute Gasteiger partial charge is 0.277 e. The van der Waals surface area contributed by atoms with Gasteiger partial charge in [-0.1, -0.05) is 96.2 Å². The molecule has 4 aliphatic rings. The van der Waals surface area contributed by atoms with Crippen LogP contribution in [0.2, 0.25) is 0 Å². The Labute approximate surface area is 413 Å². The largest absolute Gasteiger partial charge is 0.456 e. The predicted molar refractivity (Wildman–Crippen MR) is 297 cm³/mol. The Bertz CT molecular complexity index is 3410. The van der Waals surface area contributed by atoms with E-state index in [-0.39, 0.29) is 17.5 Å². The number of benzene rings is 5. The van der Waals surface area contributed by atoms with Gasteiger partial charge in [-0.05, 0) is 162 Å². The van der Waals surface area contributed by atoms with Gasteiger partial charge in [0.2, 0.25) is 0 Å². The van der Waals surface area contributed by atoms with E-state index in [1.807, 2.05) is 22.7 Å². The molecule has 4 aromatic heterocycles. The van der Waals surface area contributed by atoms with Gasteiger partial charge in [-0.2, -0.15) is 0 Å². The third-order valence-corrected chi connectivity index (χ3v) is 17.0. The van der Waals surface area contributed by atoms with E-state index in [2.05, 4.69) is 215 Å². The Morgan fingerprint density at radius 3 is 1.38 bits per heavy atom. The van der Waals surface area contributed by atoms with Gasteiger partial charge in [0.15, 0.2) is 0 Å². The van der Waals surface area contributed by atoms with E-state index in [1.165, 1.54) is 80.2 Å². The van der Waals surface area contributed by atoms with Crippen LogP contribution < -0.4 is 24.8 Å². The number of hydrogen-bond acceptors (Lipinski definition) is 6. The number of hydrogen-bond donors (Lipinski definition) is 0. The van der Waals surface area contributed by atoms with E-state index in [0.29, 0.717) is 0 Å². The second-order valence-electron chi connectivity index (χ2n) is 21.1. The van der Waals surface area contributed by atoms with Crippen LogP contribution in [0.1, 0.15) is 88.2 Å². The summed E-state index contributed by atoms with van der Waals surface area (Å²) in [5.74, 6) is 3.71. The van der Waals surface area contributed by atoms with Crippen LogP contribution in [0.5, 0.6) is 0 Å². The first kappa shape index (κ1) is 42.3. The molecule has 0 unspecified atom stereocenters. The molecule has 0 saturated carbocycles. The van der Waals surface area contributed by atoms with Crippen molar-refractivity contribution in [3.63, 3.8) is 0 Å². The monoisotopic (exact) mass is 932 g/mol. The number of fused-ring (bicyclic) bond motifs is 10. The molecular formula is C62H53BN2O2S2. The molecular weight excluding hydrogens is 880 g/mol. The minimum Gasteiger partial charge on any atom is -0.456 e.